The summed E-state index contributed by atoms with van der Waals surface area (Å²) in [4.78, 5) is 10.8. The summed E-state index contributed by atoms with van der Waals surface area (Å²) in [6, 6.07) is 4.00. The van der Waals surface area contributed by atoms with Gasteiger partial charge < -0.3 is 10.1 Å². The van der Waals surface area contributed by atoms with Gasteiger partial charge in [0.2, 0.25) is 0 Å². The van der Waals surface area contributed by atoms with Gasteiger partial charge in [-0.2, -0.15) is 0 Å². The largest absolute Gasteiger partial charge is 0.439 e. The summed E-state index contributed by atoms with van der Waals surface area (Å²) < 4.78 is 17.6. The molecule has 1 aromatic rings. The highest BCUT2D eigenvalue weighted by molar-refractivity contribution is 6.31. The summed E-state index contributed by atoms with van der Waals surface area (Å²) >= 11 is 5.80. The molecule has 1 aromatic carbocycles. The van der Waals surface area contributed by atoms with E-state index in [-0.39, 0.29) is 5.02 Å². The number of hydrogen-bond acceptors (Lipinski definition) is 2. The molecular formula is C9H7ClFNO2. The Kier molecular flexibility index (Phi) is 2.29. The van der Waals surface area contributed by atoms with Gasteiger partial charge in [-0.25, -0.2) is 9.18 Å². The molecule has 1 heterocycles. The number of ether oxygens (including phenoxy) is 1. The third-order valence-electron chi connectivity index (χ3n) is 1.99. The maximum absolute atomic E-state index is 12.7. The first-order chi connectivity index (χ1) is 6.66. The number of rotatable bonds is 1. The van der Waals surface area contributed by atoms with Crippen molar-refractivity contribution in [3.8, 4) is 0 Å². The Hall–Kier alpha value is -1.29. The van der Waals surface area contributed by atoms with Crippen LogP contribution in [0.2, 0.25) is 5.02 Å². The molecule has 0 radical (unpaired) electrons. The molecule has 0 bridgehead atoms. The number of alkyl carbamates (subject to hydrolysis) is 1. The van der Waals surface area contributed by atoms with E-state index in [0.717, 1.165) is 0 Å². The van der Waals surface area contributed by atoms with Crippen molar-refractivity contribution in [2.45, 2.75) is 6.10 Å². The zero-order chi connectivity index (χ0) is 10.1. The molecule has 14 heavy (non-hydrogen) atoms. The number of halogens is 2. The molecule has 1 amide bonds. The summed E-state index contributed by atoms with van der Waals surface area (Å²) in [5.41, 5.74) is 0.617. The highest BCUT2D eigenvalue weighted by Gasteiger charge is 2.25. The lowest BCUT2D eigenvalue weighted by atomic mass is 10.1. The lowest BCUT2D eigenvalue weighted by molar-refractivity contribution is 0.141. The zero-order valence-corrected chi connectivity index (χ0v) is 7.84. The van der Waals surface area contributed by atoms with Crippen molar-refractivity contribution >= 4 is 17.7 Å². The second kappa shape index (κ2) is 3.46. The Bertz CT molecular complexity index is 383. The topological polar surface area (TPSA) is 38.3 Å². The average molecular weight is 216 g/mol. The van der Waals surface area contributed by atoms with Gasteiger partial charge in [-0.3, -0.25) is 0 Å². The van der Waals surface area contributed by atoms with Crippen LogP contribution >= 0.6 is 11.6 Å². The van der Waals surface area contributed by atoms with E-state index in [1.54, 1.807) is 0 Å². The van der Waals surface area contributed by atoms with Crippen LogP contribution in [0, 0.1) is 5.82 Å². The summed E-state index contributed by atoms with van der Waals surface area (Å²) in [6.45, 7) is 0.365. The van der Waals surface area contributed by atoms with E-state index in [4.69, 9.17) is 16.3 Å². The van der Waals surface area contributed by atoms with Gasteiger partial charge >= 0.3 is 6.09 Å². The average Bonchev–Trinajstić information content (AvgIpc) is 2.51. The van der Waals surface area contributed by atoms with Gasteiger partial charge in [0, 0.05) is 5.56 Å². The molecule has 1 aliphatic heterocycles. The normalized spacial score (nSPS) is 20.4. The smallest absolute Gasteiger partial charge is 0.407 e. The van der Waals surface area contributed by atoms with Crippen molar-refractivity contribution in [1.82, 2.24) is 5.32 Å². The van der Waals surface area contributed by atoms with Crippen LogP contribution in [0.5, 0.6) is 0 Å². The molecule has 1 N–H and O–H groups in total. The lowest BCUT2D eigenvalue weighted by Gasteiger charge is -2.09. The Balaban J connectivity index is 2.28. The molecule has 0 aromatic heterocycles. The molecule has 5 heteroatoms. The Morgan fingerprint density at radius 3 is 2.93 bits per heavy atom. The van der Waals surface area contributed by atoms with Gasteiger partial charge in [0.05, 0.1) is 11.6 Å². The minimum atomic E-state index is -0.476. The first-order valence-electron chi connectivity index (χ1n) is 4.06. The van der Waals surface area contributed by atoms with Crippen LogP contribution in [-0.2, 0) is 4.74 Å². The van der Waals surface area contributed by atoms with Crippen LogP contribution < -0.4 is 5.32 Å². The van der Waals surface area contributed by atoms with Gasteiger partial charge in [-0.05, 0) is 12.1 Å². The summed E-state index contributed by atoms with van der Waals surface area (Å²) in [5.74, 6) is -0.406. The van der Waals surface area contributed by atoms with E-state index in [9.17, 15) is 9.18 Å². The number of amides is 1. The van der Waals surface area contributed by atoms with E-state index in [1.165, 1.54) is 18.2 Å². The Labute approximate surface area is 84.8 Å². The van der Waals surface area contributed by atoms with Gasteiger partial charge in [-0.15, -0.1) is 0 Å². The standard InChI is InChI=1S/C9H7ClFNO2/c10-7-3-5(11)1-2-6(7)8-4-12-9(13)14-8/h1-3,8H,4H2,(H,12,13). The van der Waals surface area contributed by atoms with Crippen LogP contribution in [0.15, 0.2) is 18.2 Å². The predicted molar refractivity (Wildman–Crippen MR) is 48.6 cm³/mol. The Morgan fingerprint density at radius 1 is 1.57 bits per heavy atom. The number of carbonyl (C=O) groups is 1. The van der Waals surface area contributed by atoms with Crippen molar-refractivity contribution in [2.75, 3.05) is 6.54 Å². The molecule has 2 rings (SSSR count). The fourth-order valence-corrected chi connectivity index (χ4v) is 1.61. The van der Waals surface area contributed by atoms with E-state index in [2.05, 4.69) is 5.32 Å². The molecule has 1 atom stereocenters. The van der Waals surface area contributed by atoms with Crippen molar-refractivity contribution in [2.24, 2.45) is 0 Å². The van der Waals surface area contributed by atoms with Gasteiger partial charge in [0.15, 0.2) is 0 Å². The minimum Gasteiger partial charge on any atom is -0.439 e. The molecule has 0 saturated carbocycles. The van der Waals surface area contributed by atoms with Crippen LogP contribution in [0.25, 0.3) is 0 Å². The van der Waals surface area contributed by atoms with Crippen molar-refractivity contribution < 1.29 is 13.9 Å². The van der Waals surface area contributed by atoms with Gasteiger partial charge in [-0.1, -0.05) is 17.7 Å². The van der Waals surface area contributed by atoms with E-state index in [1.807, 2.05) is 0 Å². The van der Waals surface area contributed by atoms with Gasteiger partial charge in [0.1, 0.15) is 11.9 Å². The van der Waals surface area contributed by atoms with Crippen LogP contribution in [0.3, 0.4) is 0 Å². The number of cyclic esters (lactones) is 1. The third-order valence-corrected chi connectivity index (χ3v) is 2.32. The Morgan fingerprint density at radius 2 is 2.36 bits per heavy atom. The number of nitrogens with one attached hydrogen (secondary N) is 1. The highest BCUT2D eigenvalue weighted by atomic mass is 35.5. The fraction of sp³-hybridized carbons (Fsp3) is 0.222. The van der Waals surface area contributed by atoms with Crippen molar-refractivity contribution in [1.29, 1.82) is 0 Å². The second-order valence-electron chi connectivity index (χ2n) is 2.94. The maximum atomic E-state index is 12.7. The van der Waals surface area contributed by atoms with E-state index in [0.29, 0.717) is 12.1 Å². The lowest BCUT2D eigenvalue weighted by Crippen LogP contribution is -2.12. The van der Waals surface area contributed by atoms with Crippen LogP contribution in [0.4, 0.5) is 9.18 Å². The first kappa shape index (κ1) is 9.27. The molecule has 1 aliphatic rings. The number of hydrogen-bond donors (Lipinski definition) is 1. The van der Waals surface area contributed by atoms with E-state index < -0.39 is 18.0 Å². The summed E-state index contributed by atoms with van der Waals surface area (Å²) in [6.07, 6.45) is -0.897. The summed E-state index contributed by atoms with van der Waals surface area (Å²) in [7, 11) is 0. The molecule has 74 valence electrons. The maximum Gasteiger partial charge on any atom is 0.407 e. The second-order valence-corrected chi connectivity index (χ2v) is 3.35. The molecule has 1 saturated heterocycles. The van der Waals surface area contributed by atoms with Crippen LogP contribution in [0.1, 0.15) is 11.7 Å². The fourth-order valence-electron chi connectivity index (χ4n) is 1.32. The molecule has 0 spiro atoms. The first-order valence-corrected chi connectivity index (χ1v) is 4.44. The molecule has 1 unspecified atom stereocenters. The van der Waals surface area contributed by atoms with Crippen molar-refractivity contribution in [3.05, 3.63) is 34.6 Å². The molecule has 1 fully saturated rings. The van der Waals surface area contributed by atoms with Gasteiger partial charge in [0.25, 0.3) is 0 Å². The number of carbonyl (C=O) groups excluding carboxylic acids is 1. The molecule has 3 nitrogen and oxygen atoms in total. The van der Waals surface area contributed by atoms with Crippen molar-refractivity contribution in [3.63, 3.8) is 0 Å². The quantitative estimate of drug-likeness (QED) is 0.781. The van der Waals surface area contributed by atoms with Crippen LogP contribution in [-0.4, -0.2) is 12.6 Å². The SMILES string of the molecule is O=C1NCC(c2ccc(F)cc2Cl)O1. The predicted octanol–water partition coefficient (Wildman–Crippen LogP) is 2.26. The number of benzene rings is 1. The summed E-state index contributed by atoms with van der Waals surface area (Å²) in [5, 5.41) is 2.77. The highest BCUT2D eigenvalue weighted by Crippen LogP contribution is 2.28. The monoisotopic (exact) mass is 215 g/mol. The third kappa shape index (κ3) is 1.65. The zero-order valence-electron chi connectivity index (χ0n) is 7.09. The minimum absolute atomic E-state index is 0.270. The molecule has 0 aliphatic carbocycles. The van der Waals surface area contributed by atoms with E-state index >= 15 is 0 Å². The molecular weight excluding hydrogens is 209 g/mol.